The van der Waals surface area contributed by atoms with Crippen LogP contribution in [0, 0.1) is 0 Å². The van der Waals surface area contributed by atoms with E-state index in [-0.39, 0.29) is 30.4 Å². The van der Waals surface area contributed by atoms with Gasteiger partial charge in [0.15, 0.2) is 0 Å². The van der Waals surface area contributed by atoms with Gasteiger partial charge in [-0.25, -0.2) is 9.97 Å². The number of nitrogens with one attached hydrogen (secondary N) is 2. The van der Waals surface area contributed by atoms with E-state index in [0.29, 0.717) is 29.1 Å². The second-order valence-electron chi connectivity index (χ2n) is 15.3. The van der Waals surface area contributed by atoms with Gasteiger partial charge in [0.2, 0.25) is 17.8 Å². The van der Waals surface area contributed by atoms with Gasteiger partial charge in [-0.15, -0.1) is 0 Å². The van der Waals surface area contributed by atoms with Gasteiger partial charge < -0.3 is 24.6 Å². The Labute approximate surface area is 317 Å². The summed E-state index contributed by atoms with van der Waals surface area (Å²) in [6, 6.07) is 10.8. The van der Waals surface area contributed by atoms with Crippen molar-refractivity contribution in [1.29, 1.82) is 0 Å². The van der Waals surface area contributed by atoms with Crippen LogP contribution < -0.4 is 20.4 Å². The molecule has 3 aromatic heterocycles. The van der Waals surface area contributed by atoms with Gasteiger partial charge >= 0.3 is 0 Å². The molecule has 7 heterocycles. The average molecular weight is 746 g/mol. The van der Waals surface area contributed by atoms with Gasteiger partial charge in [0.05, 0.1) is 23.0 Å². The van der Waals surface area contributed by atoms with E-state index in [1.807, 2.05) is 24.4 Å². The molecule has 16 nitrogen and oxygen atoms in total. The number of rotatable bonds is 8. The molecule has 55 heavy (non-hydrogen) atoms. The van der Waals surface area contributed by atoms with Gasteiger partial charge in [-0.3, -0.25) is 39.1 Å². The van der Waals surface area contributed by atoms with Gasteiger partial charge in [0.25, 0.3) is 17.7 Å². The predicted molar refractivity (Wildman–Crippen MR) is 203 cm³/mol. The fourth-order valence-electron chi connectivity index (χ4n) is 8.65. The van der Waals surface area contributed by atoms with Gasteiger partial charge in [-0.1, -0.05) is 12.8 Å². The SMILES string of the molecule is CN(C)C(=O)c1cc2cnc(Nc3ccc(N4CCN(C5CN(c6ccc7c(c6)C(=O)N(C6CCC(=O)NC6=O)C7=O)C5)CC4)cn3)nc2n1C1CCCC1. The van der Waals surface area contributed by atoms with Crippen LogP contribution in [0.1, 0.15) is 75.8 Å². The third-order valence-electron chi connectivity index (χ3n) is 11.7. The summed E-state index contributed by atoms with van der Waals surface area (Å²) in [7, 11) is 3.54. The fourth-order valence-corrected chi connectivity index (χ4v) is 8.65. The van der Waals surface area contributed by atoms with Crippen molar-refractivity contribution in [3.63, 3.8) is 0 Å². The molecule has 4 aliphatic heterocycles. The van der Waals surface area contributed by atoms with Crippen LogP contribution in [0.2, 0.25) is 0 Å². The van der Waals surface area contributed by atoms with Crippen LogP contribution in [0.4, 0.5) is 23.1 Å². The van der Waals surface area contributed by atoms with Gasteiger partial charge in [-0.05, 0) is 55.7 Å². The molecule has 1 saturated carbocycles. The summed E-state index contributed by atoms with van der Waals surface area (Å²) in [5.74, 6) is -0.948. The van der Waals surface area contributed by atoms with Crippen LogP contribution in [0.3, 0.4) is 0 Å². The zero-order chi connectivity index (χ0) is 38.0. The van der Waals surface area contributed by atoms with Gasteiger partial charge in [0.1, 0.15) is 23.2 Å². The van der Waals surface area contributed by atoms with Crippen molar-refractivity contribution in [2.75, 3.05) is 68.5 Å². The number of aromatic nitrogens is 4. The number of imide groups is 2. The Kier molecular flexibility index (Phi) is 8.71. The largest absolute Gasteiger partial charge is 0.368 e. The normalized spacial score (nSPS) is 21.0. The minimum atomic E-state index is -0.974. The Morgan fingerprint density at radius 2 is 1.56 bits per heavy atom. The van der Waals surface area contributed by atoms with E-state index in [0.717, 1.165) is 92.3 Å². The Balaban J connectivity index is 0.794. The quantitative estimate of drug-likeness (QED) is 0.254. The second kappa shape index (κ2) is 13.7. The Morgan fingerprint density at radius 3 is 2.27 bits per heavy atom. The van der Waals surface area contributed by atoms with Crippen molar-refractivity contribution in [2.45, 2.75) is 56.7 Å². The number of carbonyl (C=O) groups excluding carboxylic acids is 5. The monoisotopic (exact) mass is 745 g/mol. The molecular weight excluding hydrogens is 703 g/mol. The van der Waals surface area contributed by atoms with Crippen molar-refractivity contribution >= 4 is 63.7 Å². The topological polar surface area (TPSA) is 169 Å². The highest BCUT2D eigenvalue weighted by atomic mass is 16.2. The number of nitrogens with zero attached hydrogens (tertiary/aromatic N) is 9. The standard InChI is InChI=1S/C39H43N11O5/c1-45(2)38(55)31-17-23-19-41-39(44-34(23)49(31)24-5-3-4-6-24)42-32-11-8-26(20-40-32)46-13-15-47(16-14-46)27-21-48(22-27)25-7-9-28-29(18-25)37(54)50(36(28)53)30-10-12-33(51)43-35(30)52/h7-9,11,17-20,24,27,30H,3-6,10,12-16,21-22H2,1-2H3,(H,43,51,52)(H,40,41,42,44). The van der Waals surface area contributed by atoms with E-state index in [1.54, 1.807) is 37.3 Å². The zero-order valence-electron chi connectivity index (χ0n) is 30.9. The molecule has 1 aromatic carbocycles. The lowest BCUT2D eigenvalue weighted by atomic mass is 10.0. The number of carbonyl (C=O) groups is 5. The molecule has 16 heteroatoms. The molecule has 1 atom stereocenters. The maximum atomic E-state index is 13.3. The lowest BCUT2D eigenvalue weighted by molar-refractivity contribution is -0.136. The third-order valence-corrected chi connectivity index (χ3v) is 11.7. The van der Waals surface area contributed by atoms with Crippen molar-refractivity contribution in [1.82, 2.24) is 39.5 Å². The first-order chi connectivity index (χ1) is 26.6. The molecule has 1 aliphatic carbocycles. The summed E-state index contributed by atoms with van der Waals surface area (Å²) in [4.78, 5) is 87.2. The number of fused-ring (bicyclic) bond motifs is 2. The molecular formula is C39H43N11O5. The Morgan fingerprint density at radius 1 is 0.818 bits per heavy atom. The predicted octanol–water partition coefficient (Wildman–Crippen LogP) is 2.80. The van der Waals surface area contributed by atoms with Gasteiger partial charge in [0, 0.05) is 89.1 Å². The fraction of sp³-hybridized carbons (Fsp3) is 0.436. The van der Waals surface area contributed by atoms with Gasteiger partial charge in [-0.2, -0.15) is 4.98 Å². The number of anilines is 4. The highest BCUT2D eigenvalue weighted by Crippen LogP contribution is 2.36. The number of benzene rings is 1. The minimum absolute atomic E-state index is 0.0386. The molecule has 0 radical (unpaired) electrons. The average Bonchev–Trinajstić information content (AvgIpc) is 3.88. The molecule has 5 aliphatic rings. The first-order valence-electron chi connectivity index (χ1n) is 19.0. The Bertz CT molecular complexity index is 2220. The van der Waals surface area contributed by atoms with Crippen molar-refractivity contribution in [3.05, 3.63) is 65.6 Å². The maximum absolute atomic E-state index is 13.3. The molecule has 4 aromatic rings. The second-order valence-corrected chi connectivity index (χ2v) is 15.3. The molecule has 284 valence electrons. The summed E-state index contributed by atoms with van der Waals surface area (Å²) < 4.78 is 2.10. The number of pyridine rings is 1. The van der Waals surface area contributed by atoms with Crippen molar-refractivity contribution < 1.29 is 24.0 Å². The maximum Gasteiger partial charge on any atom is 0.270 e. The highest BCUT2D eigenvalue weighted by Gasteiger charge is 2.45. The molecule has 2 N–H and O–H groups in total. The smallest absolute Gasteiger partial charge is 0.270 e. The number of amides is 5. The van der Waals surface area contributed by atoms with Crippen molar-refractivity contribution in [2.24, 2.45) is 0 Å². The van der Waals surface area contributed by atoms with E-state index in [1.165, 1.54) is 0 Å². The van der Waals surface area contributed by atoms with Crippen LogP contribution >= 0.6 is 0 Å². The lowest BCUT2D eigenvalue weighted by Crippen LogP contribution is -2.63. The summed E-state index contributed by atoms with van der Waals surface area (Å²) in [5, 5.41) is 6.34. The summed E-state index contributed by atoms with van der Waals surface area (Å²) in [5.41, 5.74) is 3.91. The Hall–Kier alpha value is -5.90. The number of piperazine rings is 1. The first kappa shape index (κ1) is 34.8. The van der Waals surface area contributed by atoms with Crippen LogP contribution in [-0.2, 0) is 9.59 Å². The number of hydrogen-bond acceptors (Lipinski definition) is 12. The number of hydrogen-bond donors (Lipinski definition) is 2. The lowest BCUT2D eigenvalue weighted by Gasteiger charge is -2.49. The van der Waals surface area contributed by atoms with Crippen LogP contribution in [0.5, 0.6) is 0 Å². The molecule has 0 spiro atoms. The van der Waals surface area contributed by atoms with Crippen LogP contribution in [0.15, 0.2) is 48.8 Å². The molecule has 5 amide bonds. The summed E-state index contributed by atoms with van der Waals surface area (Å²) in [6.07, 6.45) is 8.20. The van der Waals surface area contributed by atoms with E-state index in [9.17, 15) is 24.0 Å². The number of piperidine rings is 1. The molecule has 3 saturated heterocycles. The zero-order valence-corrected chi connectivity index (χ0v) is 30.9. The molecule has 0 bridgehead atoms. The van der Waals surface area contributed by atoms with Crippen LogP contribution in [0.25, 0.3) is 11.0 Å². The molecule has 9 rings (SSSR count). The minimum Gasteiger partial charge on any atom is -0.368 e. The first-order valence-corrected chi connectivity index (χ1v) is 19.0. The van der Waals surface area contributed by atoms with Crippen molar-refractivity contribution in [3.8, 4) is 0 Å². The molecule has 4 fully saturated rings. The molecule has 1 unspecified atom stereocenters. The summed E-state index contributed by atoms with van der Waals surface area (Å²) in [6.45, 7) is 5.16. The summed E-state index contributed by atoms with van der Waals surface area (Å²) >= 11 is 0. The third kappa shape index (κ3) is 6.23. The van der Waals surface area contributed by atoms with E-state index < -0.39 is 29.7 Å². The van der Waals surface area contributed by atoms with E-state index in [4.69, 9.17) is 4.98 Å². The highest BCUT2D eigenvalue weighted by molar-refractivity contribution is 6.23. The van der Waals surface area contributed by atoms with Crippen LogP contribution in [-0.4, -0.2) is 129 Å². The van der Waals surface area contributed by atoms with E-state index in [2.05, 4.69) is 45.9 Å². The van der Waals surface area contributed by atoms with E-state index >= 15 is 0 Å².